The number of nitrogens with zero attached hydrogens (tertiary/aromatic N) is 1. The zero-order chi connectivity index (χ0) is 18.6. The van der Waals surface area contributed by atoms with Crippen LogP contribution < -0.4 is 5.32 Å². The van der Waals surface area contributed by atoms with Crippen LogP contribution in [-0.2, 0) is 9.53 Å². The lowest BCUT2D eigenvalue weighted by Crippen LogP contribution is -2.21. The number of carbonyl (C=O) groups is 2. The van der Waals surface area contributed by atoms with Crippen LogP contribution in [0.4, 0.5) is 11.4 Å². The quantitative estimate of drug-likeness (QED) is 0.489. The van der Waals surface area contributed by atoms with Crippen LogP contribution in [0.1, 0.15) is 21.5 Å². The average molecular weight is 344 g/mol. The van der Waals surface area contributed by atoms with E-state index in [-0.39, 0.29) is 17.0 Å². The first kappa shape index (κ1) is 17.9. The summed E-state index contributed by atoms with van der Waals surface area (Å²) in [6.07, 6.45) is 0. The molecular weight excluding hydrogens is 328 g/mol. The Bertz CT molecular complexity index is 847. The van der Waals surface area contributed by atoms with Gasteiger partial charge >= 0.3 is 5.97 Å². The van der Waals surface area contributed by atoms with Crippen molar-refractivity contribution in [3.63, 3.8) is 0 Å². The number of nitro benzene ring substituents is 1. The minimum atomic E-state index is -0.822. The molecule has 0 fully saturated rings. The SMILES string of the molecule is Cc1ccc(O)c(C(=O)OCC(=O)Nc2ccc([N+](=O)[O-])cc2C)c1. The molecule has 8 nitrogen and oxygen atoms in total. The molecule has 1 amide bonds. The van der Waals surface area contributed by atoms with E-state index in [1.165, 1.54) is 30.3 Å². The second-order valence-corrected chi connectivity index (χ2v) is 5.40. The highest BCUT2D eigenvalue weighted by atomic mass is 16.6. The molecule has 0 aromatic heterocycles. The molecule has 0 saturated heterocycles. The van der Waals surface area contributed by atoms with Crippen molar-refractivity contribution in [2.75, 3.05) is 11.9 Å². The van der Waals surface area contributed by atoms with Gasteiger partial charge in [0.1, 0.15) is 11.3 Å². The van der Waals surface area contributed by atoms with Crippen molar-refractivity contribution in [3.05, 3.63) is 63.2 Å². The lowest BCUT2D eigenvalue weighted by Gasteiger charge is -2.09. The Kier molecular flexibility index (Phi) is 5.33. The number of esters is 1. The van der Waals surface area contributed by atoms with Crippen LogP contribution in [0.2, 0.25) is 0 Å². The van der Waals surface area contributed by atoms with Crippen LogP contribution in [0.25, 0.3) is 0 Å². The van der Waals surface area contributed by atoms with Crippen LogP contribution in [-0.4, -0.2) is 28.5 Å². The molecule has 0 aliphatic rings. The zero-order valence-electron chi connectivity index (χ0n) is 13.6. The maximum Gasteiger partial charge on any atom is 0.342 e. The number of hydrogen-bond acceptors (Lipinski definition) is 6. The van der Waals surface area contributed by atoms with Crippen molar-refractivity contribution < 1.29 is 24.4 Å². The molecule has 0 unspecified atom stereocenters. The maximum absolute atomic E-state index is 11.9. The molecule has 0 heterocycles. The van der Waals surface area contributed by atoms with Gasteiger partial charge in [-0.05, 0) is 37.6 Å². The Hall–Kier alpha value is -3.42. The van der Waals surface area contributed by atoms with Crippen molar-refractivity contribution in [3.8, 4) is 5.75 Å². The summed E-state index contributed by atoms with van der Waals surface area (Å²) >= 11 is 0. The molecule has 2 N–H and O–H groups in total. The van der Waals surface area contributed by atoms with Gasteiger partial charge in [-0.2, -0.15) is 0 Å². The molecule has 0 atom stereocenters. The molecular formula is C17H16N2O6. The summed E-state index contributed by atoms with van der Waals surface area (Å²) in [5.41, 5.74) is 1.53. The highest BCUT2D eigenvalue weighted by molar-refractivity contribution is 5.97. The van der Waals surface area contributed by atoms with Gasteiger partial charge in [0.25, 0.3) is 11.6 Å². The number of carbonyl (C=O) groups excluding carboxylic acids is 2. The lowest BCUT2D eigenvalue weighted by atomic mass is 10.1. The first-order valence-electron chi connectivity index (χ1n) is 7.29. The summed E-state index contributed by atoms with van der Waals surface area (Å²) in [5.74, 6) is -1.66. The van der Waals surface area contributed by atoms with E-state index >= 15 is 0 Å². The molecule has 25 heavy (non-hydrogen) atoms. The van der Waals surface area contributed by atoms with Gasteiger partial charge in [-0.3, -0.25) is 14.9 Å². The van der Waals surface area contributed by atoms with E-state index < -0.39 is 23.4 Å². The Morgan fingerprint density at radius 1 is 1.20 bits per heavy atom. The summed E-state index contributed by atoms with van der Waals surface area (Å²) in [5, 5.41) is 22.9. The largest absolute Gasteiger partial charge is 0.507 e. The van der Waals surface area contributed by atoms with Gasteiger partial charge in [0.15, 0.2) is 6.61 Å². The second kappa shape index (κ2) is 7.43. The van der Waals surface area contributed by atoms with E-state index in [1.807, 2.05) is 0 Å². The third-order valence-electron chi connectivity index (χ3n) is 3.40. The number of aryl methyl sites for hydroxylation is 2. The molecule has 0 aliphatic carbocycles. The van der Waals surface area contributed by atoms with E-state index in [4.69, 9.17) is 4.74 Å². The van der Waals surface area contributed by atoms with E-state index in [2.05, 4.69) is 5.32 Å². The van der Waals surface area contributed by atoms with Crippen LogP contribution >= 0.6 is 0 Å². The van der Waals surface area contributed by atoms with Crippen LogP contribution in [0.15, 0.2) is 36.4 Å². The molecule has 2 aromatic carbocycles. The Morgan fingerprint density at radius 3 is 2.56 bits per heavy atom. The standard InChI is InChI=1S/C17H16N2O6/c1-10-3-6-15(20)13(7-10)17(22)25-9-16(21)18-14-5-4-12(19(23)24)8-11(14)2/h3-8,20H,9H2,1-2H3,(H,18,21). The summed E-state index contributed by atoms with van der Waals surface area (Å²) in [7, 11) is 0. The molecule has 2 aromatic rings. The summed E-state index contributed by atoms with van der Waals surface area (Å²) in [6.45, 7) is 2.81. The van der Waals surface area contributed by atoms with Crippen LogP contribution in [0.3, 0.4) is 0 Å². The van der Waals surface area contributed by atoms with Gasteiger partial charge < -0.3 is 15.2 Å². The van der Waals surface area contributed by atoms with Crippen LogP contribution in [0, 0.1) is 24.0 Å². The molecule has 0 aliphatic heterocycles. The molecule has 0 bridgehead atoms. The van der Waals surface area contributed by atoms with Gasteiger partial charge in [0.2, 0.25) is 0 Å². The Balaban J connectivity index is 1.98. The van der Waals surface area contributed by atoms with Crippen molar-refractivity contribution in [2.24, 2.45) is 0 Å². The number of phenolic OH excluding ortho intramolecular Hbond substituents is 1. The first-order valence-corrected chi connectivity index (χ1v) is 7.29. The smallest absolute Gasteiger partial charge is 0.342 e. The fourth-order valence-electron chi connectivity index (χ4n) is 2.11. The number of ether oxygens (including phenoxy) is 1. The van der Waals surface area contributed by atoms with Gasteiger partial charge in [-0.25, -0.2) is 4.79 Å². The highest BCUT2D eigenvalue weighted by Crippen LogP contribution is 2.21. The van der Waals surface area contributed by atoms with Crippen molar-refractivity contribution in [1.29, 1.82) is 0 Å². The fourth-order valence-corrected chi connectivity index (χ4v) is 2.11. The summed E-state index contributed by atoms with van der Waals surface area (Å²) in [6, 6.07) is 8.45. The highest BCUT2D eigenvalue weighted by Gasteiger charge is 2.15. The fraction of sp³-hybridized carbons (Fsp3) is 0.176. The number of benzene rings is 2. The van der Waals surface area contributed by atoms with E-state index in [1.54, 1.807) is 19.9 Å². The topological polar surface area (TPSA) is 119 Å². The van der Waals surface area contributed by atoms with Gasteiger partial charge in [-0.15, -0.1) is 0 Å². The number of amides is 1. The van der Waals surface area contributed by atoms with Crippen molar-refractivity contribution in [2.45, 2.75) is 13.8 Å². The molecule has 2 rings (SSSR count). The number of phenols is 1. The van der Waals surface area contributed by atoms with E-state index in [0.717, 1.165) is 5.56 Å². The molecule has 8 heteroatoms. The predicted octanol–water partition coefficient (Wildman–Crippen LogP) is 2.71. The summed E-state index contributed by atoms with van der Waals surface area (Å²) in [4.78, 5) is 34.0. The Morgan fingerprint density at radius 2 is 1.92 bits per heavy atom. The Labute approximate surface area is 143 Å². The lowest BCUT2D eigenvalue weighted by molar-refractivity contribution is -0.384. The maximum atomic E-state index is 11.9. The van der Waals surface area contributed by atoms with Gasteiger partial charge in [0, 0.05) is 17.8 Å². The first-order chi connectivity index (χ1) is 11.8. The monoisotopic (exact) mass is 344 g/mol. The second-order valence-electron chi connectivity index (χ2n) is 5.40. The minimum absolute atomic E-state index is 0.0284. The van der Waals surface area contributed by atoms with Gasteiger partial charge in [-0.1, -0.05) is 11.6 Å². The number of nitro groups is 1. The number of anilines is 1. The zero-order valence-corrected chi connectivity index (χ0v) is 13.6. The average Bonchev–Trinajstić information content (AvgIpc) is 2.56. The normalized spacial score (nSPS) is 10.2. The van der Waals surface area contributed by atoms with E-state index in [9.17, 15) is 24.8 Å². The number of hydrogen-bond donors (Lipinski definition) is 2. The molecule has 0 saturated carbocycles. The molecule has 0 spiro atoms. The minimum Gasteiger partial charge on any atom is -0.507 e. The third-order valence-corrected chi connectivity index (χ3v) is 3.40. The van der Waals surface area contributed by atoms with Crippen molar-refractivity contribution in [1.82, 2.24) is 0 Å². The predicted molar refractivity (Wildman–Crippen MR) is 89.6 cm³/mol. The number of rotatable bonds is 5. The third kappa shape index (κ3) is 4.54. The van der Waals surface area contributed by atoms with Crippen LogP contribution in [0.5, 0.6) is 5.75 Å². The number of aromatic hydroxyl groups is 1. The summed E-state index contributed by atoms with van der Waals surface area (Å²) < 4.78 is 4.88. The van der Waals surface area contributed by atoms with E-state index in [0.29, 0.717) is 11.3 Å². The molecule has 130 valence electrons. The number of non-ortho nitro benzene ring substituents is 1. The van der Waals surface area contributed by atoms with Gasteiger partial charge in [0.05, 0.1) is 4.92 Å². The van der Waals surface area contributed by atoms with Crippen molar-refractivity contribution >= 4 is 23.3 Å². The number of nitrogens with one attached hydrogen (secondary N) is 1. The molecule has 0 radical (unpaired) electrons.